The van der Waals surface area contributed by atoms with Gasteiger partial charge in [-0.15, -0.1) is 0 Å². The first-order valence-electron chi connectivity index (χ1n) is 8.09. The predicted octanol–water partition coefficient (Wildman–Crippen LogP) is 7.10. The number of rotatable bonds is 4. The van der Waals surface area contributed by atoms with E-state index >= 15 is 0 Å². The molecule has 0 spiro atoms. The van der Waals surface area contributed by atoms with Crippen LogP contribution < -0.4 is 5.32 Å². The van der Waals surface area contributed by atoms with Crippen LogP contribution in [0.1, 0.15) is 49.7 Å². The van der Waals surface area contributed by atoms with Crippen molar-refractivity contribution < 1.29 is 0 Å². The fourth-order valence-corrected chi connectivity index (χ4v) is 4.42. The smallest absolute Gasteiger partial charge is 0.0459 e. The van der Waals surface area contributed by atoms with E-state index in [1.165, 1.54) is 39.6 Å². The molecule has 0 saturated heterocycles. The van der Waals surface area contributed by atoms with Gasteiger partial charge in [-0.1, -0.05) is 49.0 Å². The number of hydrogen-bond acceptors (Lipinski definition) is 1. The molecule has 0 bridgehead atoms. The van der Waals surface area contributed by atoms with Crippen LogP contribution in [0, 0.1) is 3.57 Å². The van der Waals surface area contributed by atoms with E-state index in [0.717, 1.165) is 11.4 Å². The summed E-state index contributed by atoms with van der Waals surface area (Å²) in [7, 11) is 0. The zero-order valence-corrected chi connectivity index (χ0v) is 16.8. The van der Waals surface area contributed by atoms with Crippen LogP contribution in [0.25, 0.3) is 0 Å². The second-order valence-corrected chi connectivity index (χ2v) is 8.26. The third-order valence-electron chi connectivity index (χ3n) is 4.51. The van der Waals surface area contributed by atoms with Crippen LogP contribution in [0.2, 0.25) is 10.0 Å². The predicted molar refractivity (Wildman–Crippen MR) is 109 cm³/mol. The maximum Gasteiger partial charge on any atom is 0.0459 e. The molecular weight excluding hydrogens is 440 g/mol. The lowest BCUT2D eigenvalue weighted by Gasteiger charge is -2.34. The molecule has 3 rings (SSSR count). The maximum atomic E-state index is 6.51. The molecule has 1 aliphatic rings. The minimum atomic E-state index is 0.326. The summed E-state index contributed by atoms with van der Waals surface area (Å²) >= 11 is 15.0. The van der Waals surface area contributed by atoms with Crippen molar-refractivity contribution in [2.75, 3.05) is 5.32 Å². The number of halogens is 3. The highest BCUT2D eigenvalue weighted by Gasteiger charge is 2.28. The van der Waals surface area contributed by atoms with E-state index in [1.807, 2.05) is 12.1 Å². The molecule has 0 saturated carbocycles. The van der Waals surface area contributed by atoms with Gasteiger partial charge in [0.2, 0.25) is 0 Å². The summed E-state index contributed by atoms with van der Waals surface area (Å²) in [5.41, 5.74) is 3.77. The van der Waals surface area contributed by atoms with E-state index in [1.54, 1.807) is 0 Å². The summed E-state index contributed by atoms with van der Waals surface area (Å²) in [6.45, 7) is 2.24. The van der Waals surface area contributed by atoms with Gasteiger partial charge >= 0.3 is 0 Å². The summed E-state index contributed by atoms with van der Waals surface area (Å²) in [6.07, 6.45) is 4.75. The summed E-state index contributed by atoms with van der Waals surface area (Å²) in [5, 5.41) is 5.18. The van der Waals surface area contributed by atoms with Crippen molar-refractivity contribution in [2.45, 2.75) is 44.6 Å². The third-order valence-corrected chi connectivity index (χ3v) is 5.75. The van der Waals surface area contributed by atoms with Crippen LogP contribution in [0.15, 0.2) is 36.4 Å². The van der Waals surface area contributed by atoms with Gasteiger partial charge in [0.15, 0.2) is 0 Å². The van der Waals surface area contributed by atoms with Gasteiger partial charge in [-0.05, 0) is 76.9 Å². The van der Waals surface area contributed by atoms with Crippen molar-refractivity contribution in [1.29, 1.82) is 0 Å². The van der Waals surface area contributed by atoms with Crippen molar-refractivity contribution in [1.82, 2.24) is 0 Å². The molecule has 1 nitrogen and oxygen atoms in total. The van der Waals surface area contributed by atoms with Crippen molar-refractivity contribution in [2.24, 2.45) is 0 Å². The molecule has 2 aromatic carbocycles. The molecule has 2 aromatic rings. The highest BCUT2D eigenvalue weighted by atomic mass is 127. The average Bonchev–Trinajstić information content (AvgIpc) is 2.52. The number of nitrogens with one attached hydrogen (secondary N) is 1. The summed E-state index contributed by atoms with van der Waals surface area (Å²) in [6, 6.07) is 13.0. The second-order valence-electron chi connectivity index (χ2n) is 6.17. The fraction of sp³-hybridized carbons (Fsp3) is 0.368. The largest absolute Gasteiger partial charge is 0.382 e. The van der Waals surface area contributed by atoms with E-state index in [9.17, 15) is 0 Å². The Kier molecular flexibility index (Phi) is 5.76. The van der Waals surface area contributed by atoms with Crippen LogP contribution >= 0.6 is 45.8 Å². The van der Waals surface area contributed by atoms with E-state index < -0.39 is 0 Å². The lowest BCUT2D eigenvalue weighted by Crippen LogP contribution is -2.28. The number of unbranched alkanes of at least 4 members (excludes halogenated alkanes) is 1. The fourth-order valence-electron chi connectivity index (χ4n) is 3.36. The lowest BCUT2D eigenvalue weighted by atomic mass is 9.81. The van der Waals surface area contributed by atoms with Gasteiger partial charge in [-0.2, -0.15) is 0 Å². The normalized spacial score (nSPS) is 20.0. The Morgan fingerprint density at radius 3 is 2.70 bits per heavy atom. The van der Waals surface area contributed by atoms with Crippen LogP contribution in [0.5, 0.6) is 0 Å². The number of anilines is 1. The van der Waals surface area contributed by atoms with Gasteiger partial charge in [0.25, 0.3) is 0 Å². The monoisotopic (exact) mass is 459 g/mol. The first kappa shape index (κ1) is 17.4. The molecular formula is C19H20Cl2IN. The van der Waals surface area contributed by atoms with E-state index in [4.69, 9.17) is 23.2 Å². The van der Waals surface area contributed by atoms with Gasteiger partial charge in [-0.3, -0.25) is 0 Å². The molecule has 0 unspecified atom stereocenters. The molecule has 4 heteroatoms. The van der Waals surface area contributed by atoms with Gasteiger partial charge < -0.3 is 5.32 Å². The average molecular weight is 460 g/mol. The van der Waals surface area contributed by atoms with Crippen LogP contribution in [-0.2, 0) is 0 Å². The van der Waals surface area contributed by atoms with Gasteiger partial charge in [0.1, 0.15) is 0 Å². The van der Waals surface area contributed by atoms with Crippen molar-refractivity contribution in [3.8, 4) is 0 Å². The number of hydrogen-bond donors (Lipinski definition) is 1. The van der Waals surface area contributed by atoms with Gasteiger partial charge in [0.05, 0.1) is 0 Å². The Balaban J connectivity index is 2.01. The zero-order chi connectivity index (χ0) is 16.4. The molecule has 0 aliphatic carbocycles. The first-order valence-corrected chi connectivity index (χ1v) is 9.93. The van der Waals surface area contributed by atoms with Crippen molar-refractivity contribution >= 4 is 51.5 Å². The van der Waals surface area contributed by atoms with Crippen LogP contribution in [-0.4, -0.2) is 6.04 Å². The molecule has 0 fully saturated rings. The molecule has 0 aromatic heterocycles. The summed E-state index contributed by atoms with van der Waals surface area (Å²) in [5.74, 6) is 0.326. The number of benzene rings is 2. The molecule has 1 N–H and O–H groups in total. The summed E-state index contributed by atoms with van der Waals surface area (Å²) in [4.78, 5) is 0. The summed E-state index contributed by atoms with van der Waals surface area (Å²) < 4.78 is 1.25. The quantitative estimate of drug-likeness (QED) is 0.480. The zero-order valence-electron chi connectivity index (χ0n) is 13.1. The Hall–Kier alpha value is -0.450. The molecule has 1 aliphatic heterocycles. The van der Waals surface area contributed by atoms with Gasteiger partial charge in [-0.25, -0.2) is 0 Å². The second kappa shape index (κ2) is 7.62. The molecule has 122 valence electrons. The van der Waals surface area contributed by atoms with Gasteiger partial charge in [0, 0.05) is 31.3 Å². The Bertz CT molecular complexity index is 702. The Morgan fingerprint density at radius 2 is 1.96 bits per heavy atom. The SMILES string of the molecule is CCCC[C@H]1C[C@@H](c2ccc(Cl)cc2Cl)c2cc(I)ccc2N1. The molecule has 0 radical (unpaired) electrons. The molecule has 1 heterocycles. The topological polar surface area (TPSA) is 12.0 Å². The third kappa shape index (κ3) is 3.97. The van der Waals surface area contributed by atoms with E-state index in [-0.39, 0.29) is 0 Å². The van der Waals surface area contributed by atoms with Crippen molar-refractivity contribution in [3.63, 3.8) is 0 Å². The highest BCUT2D eigenvalue weighted by Crippen LogP contribution is 2.43. The molecule has 0 amide bonds. The van der Waals surface area contributed by atoms with Crippen LogP contribution in [0.4, 0.5) is 5.69 Å². The van der Waals surface area contributed by atoms with Crippen LogP contribution in [0.3, 0.4) is 0 Å². The first-order chi connectivity index (χ1) is 11.1. The standard InChI is InChI=1S/C19H20Cl2IN/c1-2-3-4-14-11-16(15-7-5-12(20)9-18(15)21)17-10-13(22)6-8-19(17)23-14/h5-10,14,16,23H,2-4,11H2,1H3/t14-,16-/m0/s1. The maximum absolute atomic E-state index is 6.51. The lowest BCUT2D eigenvalue weighted by molar-refractivity contribution is 0.525. The molecule has 2 atom stereocenters. The van der Waals surface area contributed by atoms with E-state index in [2.05, 4.69) is 59.1 Å². The van der Waals surface area contributed by atoms with E-state index in [0.29, 0.717) is 17.0 Å². The Morgan fingerprint density at radius 1 is 1.13 bits per heavy atom. The minimum absolute atomic E-state index is 0.326. The Labute approximate surface area is 161 Å². The highest BCUT2D eigenvalue weighted by molar-refractivity contribution is 14.1. The minimum Gasteiger partial charge on any atom is -0.382 e. The number of fused-ring (bicyclic) bond motifs is 1. The molecule has 23 heavy (non-hydrogen) atoms. The van der Waals surface area contributed by atoms with Crippen molar-refractivity contribution in [3.05, 3.63) is 61.1 Å².